The van der Waals surface area contributed by atoms with Crippen LogP contribution < -0.4 is 11.1 Å². The lowest BCUT2D eigenvalue weighted by atomic mass is 9.71. The lowest BCUT2D eigenvalue weighted by Crippen LogP contribution is -2.33. The predicted molar refractivity (Wildman–Crippen MR) is 84.4 cm³/mol. The number of anilines is 2. The molecule has 1 aliphatic carbocycles. The van der Waals surface area contributed by atoms with Crippen LogP contribution in [0, 0.1) is 18.3 Å². The average molecular weight is 260 g/mol. The van der Waals surface area contributed by atoms with Gasteiger partial charge in [-0.3, -0.25) is 0 Å². The molecule has 2 heteroatoms. The quantitative estimate of drug-likeness (QED) is 0.777. The molecule has 1 fully saturated rings. The molecule has 0 radical (unpaired) electrons. The maximum Gasteiger partial charge on any atom is 0.0574 e. The molecule has 1 aliphatic rings. The largest absolute Gasteiger partial charge is 0.397 e. The van der Waals surface area contributed by atoms with Gasteiger partial charge < -0.3 is 11.1 Å². The molecule has 19 heavy (non-hydrogen) atoms. The highest BCUT2D eigenvalue weighted by Crippen LogP contribution is 2.38. The second-order valence-corrected chi connectivity index (χ2v) is 6.77. The maximum atomic E-state index is 6.07. The van der Waals surface area contributed by atoms with Gasteiger partial charge in [0.1, 0.15) is 0 Å². The van der Waals surface area contributed by atoms with Gasteiger partial charge in [0.2, 0.25) is 0 Å². The minimum atomic E-state index is 0.345. The van der Waals surface area contributed by atoms with Gasteiger partial charge in [0, 0.05) is 6.54 Å². The van der Waals surface area contributed by atoms with Gasteiger partial charge in [-0.15, -0.1) is 0 Å². The molecule has 0 spiro atoms. The highest BCUT2D eigenvalue weighted by Gasteiger charge is 2.30. The van der Waals surface area contributed by atoms with Crippen molar-refractivity contribution < 1.29 is 0 Å². The first kappa shape index (κ1) is 14.2. The molecule has 0 heterocycles. The smallest absolute Gasteiger partial charge is 0.0574 e. The van der Waals surface area contributed by atoms with Crippen LogP contribution >= 0.6 is 0 Å². The van der Waals surface area contributed by atoms with Crippen LogP contribution in [0.1, 0.15) is 51.5 Å². The Kier molecular flexibility index (Phi) is 4.38. The molecule has 0 saturated heterocycles. The molecule has 0 atom stereocenters. The fraction of sp³-hybridized carbons (Fsp3) is 0.647. The van der Waals surface area contributed by atoms with Gasteiger partial charge in [-0.25, -0.2) is 0 Å². The first-order valence-corrected chi connectivity index (χ1v) is 7.59. The molecule has 0 aromatic heterocycles. The summed E-state index contributed by atoms with van der Waals surface area (Å²) in [6.07, 6.45) is 7.00. The zero-order chi connectivity index (χ0) is 13.9. The van der Waals surface area contributed by atoms with E-state index in [1.165, 1.54) is 37.7 Å². The third-order valence-electron chi connectivity index (χ3n) is 4.65. The molecule has 3 N–H and O–H groups in total. The van der Waals surface area contributed by atoms with E-state index in [-0.39, 0.29) is 0 Å². The second-order valence-electron chi connectivity index (χ2n) is 6.77. The molecule has 1 aromatic rings. The summed E-state index contributed by atoms with van der Waals surface area (Å²) in [5.74, 6) is 0.848. The molecule has 0 aliphatic heterocycles. The first-order valence-electron chi connectivity index (χ1n) is 7.59. The molecule has 0 amide bonds. The monoisotopic (exact) mass is 260 g/mol. The van der Waals surface area contributed by atoms with E-state index in [0.29, 0.717) is 5.41 Å². The number of nitrogens with one attached hydrogen (secondary N) is 1. The van der Waals surface area contributed by atoms with E-state index in [4.69, 9.17) is 5.73 Å². The Balaban J connectivity index is 1.96. The van der Waals surface area contributed by atoms with E-state index >= 15 is 0 Å². The van der Waals surface area contributed by atoms with Crippen LogP contribution in [0.25, 0.3) is 0 Å². The topological polar surface area (TPSA) is 38.0 Å². The van der Waals surface area contributed by atoms with Crippen molar-refractivity contribution in [1.82, 2.24) is 0 Å². The van der Waals surface area contributed by atoms with Gasteiger partial charge in [-0.2, -0.15) is 0 Å². The van der Waals surface area contributed by atoms with Crippen LogP contribution in [0.5, 0.6) is 0 Å². The van der Waals surface area contributed by atoms with E-state index in [2.05, 4.69) is 38.2 Å². The summed E-state index contributed by atoms with van der Waals surface area (Å²) in [6.45, 7) is 7.86. The van der Waals surface area contributed by atoms with Gasteiger partial charge in [-0.05, 0) is 48.8 Å². The van der Waals surface area contributed by atoms with E-state index in [1.54, 1.807) is 0 Å². The van der Waals surface area contributed by atoms with E-state index in [9.17, 15) is 0 Å². The van der Waals surface area contributed by atoms with Crippen molar-refractivity contribution in [2.75, 3.05) is 17.6 Å². The van der Waals surface area contributed by atoms with Crippen molar-refractivity contribution >= 4 is 11.4 Å². The van der Waals surface area contributed by atoms with Crippen molar-refractivity contribution in [2.45, 2.75) is 52.9 Å². The Labute approximate surface area is 117 Å². The van der Waals surface area contributed by atoms with Crippen molar-refractivity contribution in [3.05, 3.63) is 23.8 Å². The van der Waals surface area contributed by atoms with Crippen molar-refractivity contribution in [1.29, 1.82) is 0 Å². The lowest BCUT2D eigenvalue weighted by molar-refractivity contribution is 0.172. The van der Waals surface area contributed by atoms with Crippen LogP contribution in [-0.4, -0.2) is 6.54 Å². The number of hydrogen-bond donors (Lipinski definition) is 2. The lowest BCUT2D eigenvalue weighted by Gasteiger charge is -2.37. The average Bonchev–Trinajstić information content (AvgIpc) is 2.39. The van der Waals surface area contributed by atoms with E-state index in [1.807, 2.05) is 6.07 Å². The summed E-state index contributed by atoms with van der Waals surface area (Å²) in [7, 11) is 0. The van der Waals surface area contributed by atoms with Crippen LogP contribution in [0.3, 0.4) is 0 Å². The molecule has 0 bridgehead atoms. The van der Waals surface area contributed by atoms with E-state index < -0.39 is 0 Å². The number of aryl methyl sites for hydroxylation is 1. The van der Waals surface area contributed by atoms with Gasteiger partial charge in [0.25, 0.3) is 0 Å². The van der Waals surface area contributed by atoms with E-state index in [0.717, 1.165) is 23.8 Å². The standard InChI is InChI=1S/C17H28N2/c1-13-9-10-16(15(18)11-13)19-12-17(2,3)14-7-5-4-6-8-14/h9-11,14,19H,4-8,12,18H2,1-3H3. The Morgan fingerprint density at radius 3 is 2.53 bits per heavy atom. The summed E-state index contributed by atoms with van der Waals surface area (Å²) < 4.78 is 0. The molecule has 2 nitrogen and oxygen atoms in total. The van der Waals surface area contributed by atoms with Crippen molar-refractivity contribution in [3.63, 3.8) is 0 Å². The summed E-state index contributed by atoms with van der Waals surface area (Å²) in [4.78, 5) is 0. The Morgan fingerprint density at radius 2 is 1.89 bits per heavy atom. The number of nitrogen functional groups attached to an aromatic ring is 1. The molecular formula is C17H28N2. The van der Waals surface area contributed by atoms with Crippen molar-refractivity contribution in [2.24, 2.45) is 11.3 Å². The fourth-order valence-corrected chi connectivity index (χ4v) is 3.19. The Morgan fingerprint density at radius 1 is 1.21 bits per heavy atom. The van der Waals surface area contributed by atoms with Gasteiger partial charge >= 0.3 is 0 Å². The number of nitrogens with two attached hydrogens (primary N) is 1. The number of rotatable bonds is 4. The fourth-order valence-electron chi connectivity index (χ4n) is 3.19. The third-order valence-corrected chi connectivity index (χ3v) is 4.65. The molecule has 2 rings (SSSR count). The summed E-state index contributed by atoms with van der Waals surface area (Å²) in [6, 6.07) is 6.25. The maximum absolute atomic E-state index is 6.07. The zero-order valence-corrected chi connectivity index (χ0v) is 12.6. The highest BCUT2D eigenvalue weighted by atomic mass is 14.9. The summed E-state index contributed by atoms with van der Waals surface area (Å²) in [5, 5.41) is 3.55. The van der Waals surface area contributed by atoms with Crippen LogP contribution in [0.4, 0.5) is 11.4 Å². The number of benzene rings is 1. The first-order chi connectivity index (χ1) is 8.99. The highest BCUT2D eigenvalue weighted by molar-refractivity contribution is 5.66. The van der Waals surface area contributed by atoms with Crippen molar-refractivity contribution in [3.8, 4) is 0 Å². The minimum absolute atomic E-state index is 0.345. The van der Waals surface area contributed by atoms with Crippen LogP contribution in [0.15, 0.2) is 18.2 Å². The summed E-state index contributed by atoms with van der Waals surface area (Å²) in [5.41, 5.74) is 9.57. The van der Waals surface area contributed by atoms with Gasteiger partial charge in [0.05, 0.1) is 11.4 Å². The normalized spacial score (nSPS) is 17.4. The summed E-state index contributed by atoms with van der Waals surface area (Å²) >= 11 is 0. The molecule has 0 unspecified atom stereocenters. The molecule has 106 valence electrons. The van der Waals surface area contributed by atoms with Gasteiger partial charge in [0.15, 0.2) is 0 Å². The van der Waals surface area contributed by atoms with Gasteiger partial charge in [-0.1, -0.05) is 39.2 Å². The third kappa shape index (κ3) is 3.65. The predicted octanol–water partition coefficient (Wildman–Crippen LogP) is 4.60. The molecule has 1 saturated carbocycles. The SMILES string of the molecule is Cc1ccc(NCC(C)(C)C2CCCCC2)c(N)c1. The second kappa shape index (κ2) is 5.85. The minimum Gasteiger partial charge on any atom is -0.397 e. The van der Waals surface area contributed by atoms with Crippen LogP contribution in [0.2, 0.25) is 0 Å². The number of hydrogen-bond acceptors (Lipinski definition) is 2. The zero-order valence-electron chi connectivity index (χ0n) is 12.6. The molecular weight excluding hydrogens is 232 g/mol. The Bertz CT molecular complexity index is 417. The van der Waals surface area contributed by atoms with Crippen LogP contribution in [-0.2, 0) is 0 Å². The Hall–Kier alpha value is -1.18. The molecule has 1 aromatic carbocycles.